The van der Waals surface area contributed by atoms with E-state index in [1.54, 1.807) is 7.11 Å². The van der Waals surface area contributed by atoms with Crippen molar-refractivity contribution in [1.29, 1.82) is 0 Å². The Balaban J connectivity index is 2.88. The van der Waals surface area contributed by atoms with Crippen LogP contribution in [-0.2, 0) is 4.74 Å². The fraction of sp³-hybridized carbons (Fsp3) is 0.417. The van der Waals surface area contributed by atoms with Gasteiger partial charge in [-0.15, -0.1) is 0 Å². The molecule has 8 heteroatoms. The van der Waals surface area contributed by atoms with E-state index in [2.05, 4.69) is 5.32 Å². The molecule has 0 atom stereocenters. The van der Waals surface area contributed by atoms with Gasteiger partial charge in [-0.05, 0) is 18.9 Å². The molecule has 20 heavy (non-hydrogen) atoms. The summed E-state index contributed by atoms with van der Waals surface area (Å²) >= 11 is 0. The normalized spacial score (nSPS) is 10.3. The second kappa shape index (κ2) is 7.39. The highest BCUT2D eigenvalue weighted by atomic mass is 19.1. The maximum absolute atomic E-state index is 13.4. The average molecular weight is 286 g/mol. The quantitative estimate of drug-likeness (QED) is 0.432. The lowest BCUT2D eigenvalue weighted by Crippen LogP contribution is -2.09. The van der Waals surface area contributed by atoms with Crippen molar-refractivity contribution in [2.45, 2.75) is 12.8 Å². The van der Waals surface area contributed by atoms with Crippen LogP contribution in [0.4, 0.5) is 15.8 Å². The van der Waals surface area contributed by atoms with Gasteiger partial charge in [0.15, 0.2) is 0 Å². The number of aromatic carboxylic acids is 1. The van der Waals surface area contributed by atoms with E-state index in [0.717, 1.165) is 12.5 Å². The third kappa shape index (κ3) is 4.16. The number of hydrogen-bond acceptors (Lipinski definition) is 5. The summed E-state index contributed by atoms with van der Waals surface area (Å²) in [5.41, 5.74) is -1.10. The van der Waals surface area contributed by atoms with E-state index in [-0.39, 0.29) is 5.69 Å². The van der Waals surface area contributed by atoms with Crippen molar-refractivity contribution in [3.63, 3.8) is 0 Å². The molecular formula is C12H15FN2O5. The molecule has 0 amide bonds. The summed E-state index contributed by atoms with van der Waals surface area (Å²) in [5, 5.41) is 22.4. The maximum Gasteiger partial charge on any atom is 0.338 e. The minimum Gasteiger partial charge on any atom is -0.478 e. The number of nitrogens with one attached hydrogen (secondary N) is 1. The van der Waals surface area contributed by atoms with Crippen LogP contribution in [0.1, 0.15) is 23.2 Å². The Morgan fingerprint density at radius 2 is 2.20 bits per heavy atom. The Labute approximate surface area is 114 Å². The Morgan fingerprint density at radius 3 is 2.75 bits per heavy atom. The first kappa shape index (κ1) is 15.8. The highest BCUT2D eigenvalue weighted by molar-refractivity contribution is 5.90. The highest BCUT2D eigenvalue weighted by Gasteiger charge is 2.21. The van der Waals surface area contributed by atoms with Gasteiger partial charge in [0.2, 0.25) is 0 Å². The number of nitro benzene ring substituents is 1. The summed E-state index contributed by atoms with van der Waals surface area (Å²) in [4.78, 5) is 20.9. The SMILES string of the molecule is COCCCCNc1cc(C(=O)O)c(F)cc1[N+](=O)[O-]. The minimum atomic E-state index is -1.47. The first-order valence-corrected chi connectivity index (χ1v) is 5.91. The van der Waals surface area contributed by atoms with Crippen LogP contribution in [0.25, 0.3) is 0 Å². The van der Waals surface area contributed by atoms with Crippen LogP contribution >= 0.6 is 0 Å². The number of carboxylic acids is 1. The van der Waals surface area contributed by atoms with E-state index in [1.807, 2.05) is 0 Å². The number of ether oxygens (including phenoxy) is 1. The third-order valence-electron chi connectivity index (χ3n) is 2.60. The van der Waals surface area contributed by atoms with Crippen molar-refractivity contribution in [2.75, 3.05) is 25.6 Å². The smallest absolute Gasteiger partial charge is 0.338 e. The van der Waals surface area contributed by atoms with Crippen LogP contribution in [0.5, 0.6) is 0 Å². The minimum absolute atomic E-state index is 0.00813. The van der Waals surface area contributed by atoms with Crippen molar-refractivity contribution in [2.24, 2.45) is 0 Å². The number of unbranched alkanes of at least 4 members (excludes halogenated alkanes) is 1. The molecule has 0 fully saturated rings. The Bertz CT molecular complexity index is 507. The van der Waals surface area contributed by atoms with E-state index >= 15 is 0 Å². The molecule has 0 bridgehead atoms. The number of hydrogen-bond donors (Lipinski definition) is 2. The number of carboxylic acid groups (broad SMARTS) is 1. The monoisotopic (exact) mass is 286 g/mol. The van der Waals surface area contributed by atoms with Gasteiger partial charge in [0, 0.05) is 20.3 Å². The molecule has 110 valence electrons. The van der Waals surface area contributed by atoms with Crippen LogP contribution < -0.4 is 5.32 Å². The largest absolute Gasteiger partial charge is 0.478 e. The molecule has 0 saturated heterocycles. The molecule has 2 N–H and O–H groups in total. The second-order valence-electron chi connectivity index (χ2n) is 4.04. The van der Waals surface area contributed by atoms with Gasteiger partial charge in [0.05, 0.1) is 16.6 Å². The summed E-state index contributed by atoms with van der Waals surface area (Å²) in [6.07, 6.45) is 1.44. The first-order chi connectivity index (χ1) is 9.47. The lowest BCUT2D eigenvalue weighted by atomic mass is 10.1. The molecule has 0 saturated carbocycles. The fourth-order valence-electron chi connectivity index (χ4n) is 1.61. The fourth-order valence-corrected chi connectivity index (χ4v) is 1.61. The zero-order valence-corrected chi connectivity index (χ0v) is 10.9. The number of nitro groups is 1. The Morgan fingerprint density at radius 1 is 1.50 bits per heavy atom. The summed E-state index contributed by atoms with van der Waals surface area (Å²) in [6, 6.07) is 1.55. The molecule has 0 aliphatic rings. The molecule has 0 spiro atoms. The van der Waals surface area contributed by atoms with Crippen LogP contribution in [-0.4, -0.2) is 36.3 Å². The lowest BCUT2D eigenvalue weighted by Gasteiger charge is -2.08. The molecule has 1 aromatic rings. The lowest BCUT2D eigenvalue weighted by molar-refractivity contribution is -0.384. The van der Waals surface area contributed by atoms with E-state index < -0.39 is 28.0 Å². The number of anilines is 1. The van der Waals surface area contributed by atoms with E-state index in [4.69, 9.17) is 9.84 Å². The Hall–Kier alpha value is -2.22. The molecule has 0 radical (unpaired) electrons. The third-order valence-corrected chi connectivity index (χ3v) is 2.60. The molecule has 0 heterocycles. The highest BCUT2D eigenvalue weighted by Crippen LogP contribution is 2.27. The number of carbonyl (C=O) groups is 1. The molecule has 1 rings (SSSR count). The zero-order chi connectivity index (χ0) is 15.1. The Kier molecular flexibility index (Phi) is 5.85. The molecule has 0 aromatic heterocycles. The zero-order valence-electron chi connectivity index (χ0n) is 10.9. The second-order valence-corrected chi connectivity index (χ2v) is 4.04. The average Bonchev–Trinajstić information content (AvgIpc) is 2.39. The van der Waals surface area contributed by atoms with Gasteiger partial charge in [-0.1, -0.05) is 0 Å². The number of rotatable bonds is 8. The predicted molar refractivity (Wildman–Crippen MR) is 69.6 cm³/mol. The van der Waals surface area contributed by atoms with Crippen molar-refractivity contribution in [1.82, 2.24) is 0 Å². The van der Waals surface area contributed by atoms with Crippen LogP contribution in [0.2, 0.25) is 0 Å². The molecule has 0 unspecified atom stereocenters. The number of halogens is 1. The summed E-state index contributed by atoms with van der Waals surface area (Å²) < 4.78 is 18.3. The van der Waals surface area contributed by atoms with Crippen molar-refractivity contribution in [3.05, 3.63) is 33.6 Å². The van der Waals surface area contributed by atoms with Gasteiger partial charge in [-0.2, -0.15) is 0 Å². The van der Waals surface area contributed by atoms with Crippen molar-refractivity contribution < 1.29 is 24.0 Å². The predicted octanol–water partition coefficient (Wildman–Crippen LogP) is 2.27. The van der Waals surface area contributed by atoms with E-state index in [0.29, 0.717) is 25.6 Å². The van der Waals surface area contributed by atoms with Crippen molar-refractivity contribution in [3.8, 4) is 0 Å². The van der Waals surface area contributed by atoms with Crippen LogP contribution in [0.15, 0.2) is 12.1 Å². The number of methoxy groups -OCH3 is 1. The van der Waals surface area contributed by atoms with Gasteiger partial charge >= 0.3 is 5.97 Å². The van der Waals surface area contributed by atoms with Crippen molar-refractivity contribution >= 4 is 17.3 Å². The molecule has 1 aromatic carbocycles. The maximum atomic E-state index is 13.4. The summed E-state index contributed by atoms with van der Waals surface area (Å²) in [6.45, 7) is 0.961. The molecule has 0 aliphatic heterocycles. The van der Waals surface area contributed by atoms with Gasteiger partial charge in [0.1, 0.15) is 11.5 Å². The van der Waals surface area contributed by atoms with E-state index in [1.165, 1.54) is 0 Å². The van der Waals surface area contributed by atoms with E-state index in [9.17, 15) is 19.3 Å². The molecule has 7 nitrogen and oxygen atoms in total. The topological polar surface area (TPSA) is 102 Å². The summed E-state index contributed by atoms with van der Waals surface area (Å²) in [5.74, 6) is -2.60. The standard InChI is InChI=1S/C12H15FN2O5/c1-20-5-3-2-4-14-10-6-8(12(16)17)9(13)7-11(10)15(18)19/h6-7,14H,2-5H2,1H3,(H,16,17). The van der Waals surface area contributed by atoms with Crippen LogP contribution in [0, 0.1) is 15.9 Å². The van der Waals surface area contributed by atoms with Gasteiger partial charge in [-0.3, -0.25) is 10.1 Å². The summed E-state index contributed by atoms with van der Waals surface area (Å²) in [7, 11) is 1.57. The number of benzene rings is 1. The van der Waals surface area contributed by atoms with Gasteiger partial charge < -0.3 is 15.2 Å². The van der Waals surface area contributed by atoms with Crippen LogP contribution in [0.3, 0.4) is 0 Å². The van der Waals surface area contributed by atoms with Gasteiger partial charge in [0.25, 0.3) is 5.69 Å². The first-order valence-electron chi connectivity index (χ1n) is 5.91. The molecular weight excluding hydrogens is 271 g/mol. The molecule has 0 aliphatic carbocycles. The number of nitrogens with zero attached hydrogens (tertiary/aromatic N) is 1. The van der Waals surface area contributed by atoms with Gasteiger partial charge in [-0.25, -0.2) is 9.18 Å².